The number of nitrogens with zero attached hydrogens (tertiary/aromatic N) is 4. The van der Waals surface area contributed by atoms with Gasteiger partial charge >= 0.3 is 0 Å². The van der Waals surface area contributed by atoms with E-state index in [-0.39, 0.29) is 11.9 Å². The van der Waals surface area contributed by atoms with E-state index in [1.54, 1.807) is 11.0 Å². The second-order valence-electron chi connectivity index (χ2n) is 7.57. The van der Waals surface area contributed by atoms with Crippen LogP contribution >= 0.6 is 0 Å². The lowest BCUT2D eigenvalue weighted by Gasteiger charge is -2.26. The van der Waals surface area contributed by atoms with Gasteiger partial charge in [0.05, 0.1) is 35.7 Å². The lowest BCUT2D eigenvalue weighted by molar-refractivity contribution is 0.0985. The van der Waals surface area contributed by atoms with Gasteiger partial charge in [-0.1, -0.05) is 19.1 Å². The maximum absolute atomic E-state index is 13.5. The maximum atomic E-state index is 13.5. The normalized spacial score (nSPS) is 15.8. The van der Waals surface area contributed by atoms with Crippen LogP contribution in [0.15, 0.2) is 48.8 Å². The number of amides is 1. The van der Waals surface area contributed by atoms with Crippen LogP contribution in [0.3, 0.4) is 0 Å². The fourth-order valence-electron chi connectivity index (χ4n) is 4.24. The molecule has 4 aromatic rings. The van der Waals surface area contributed by atoms with Crippen LogP contribution in [0, 0.1) is 6.92 Å². The lowest BCUT2D eigenvalue weighted by atomic mass is 9.98. The van der Waals surface area contributed by atoms with E-state index in [4.69, 9.17) is 4.74 Å². The molecule has 30 heavy (non-hydrogen) atoms. The van der Waals surface area contributed by atoms with E-state index in [0.717, 1.165) is 45.7 Å². The first-order valence-electron chi connectivity index (χ1n) is 10.1. The summed E-state index contributed by atoms with van der Waals surface area (Å²) in [5.74, 6) is 0.779. The number of anilines is 1. The minimum absolute atomic E-state index is 0.0525. The Morgan fingerprint density at radius 3 is 2.73 bits per heavy atom. The Hall–Kier alpha value is -3.61. The molecule has 0 saturated carbocycles. The molecule has 2 aromatic carbocycles. The number of ether oxygens (including phenoxy) is 1. The smallest absolute Gasteiger partial charge is 0.277 e. The molecule has 0 saturated heterocycles. The molecule has 0 bridgehead atoms. The van der Waals surface area contributed by atoms with Gasteiger partial charge in [-0.2, -0.15) is 5.10 Å². The highest BCUT2D eigenvalue weighted by atomic mass is 16.5. The zero-order chi connectivity index (χ0) is 20.8. The summed E-state index contributed by atoms with van der Waals surface area (Å²) in [5.41, 5.74) is 6.06. The summed E-state index contributed by atoms with van der Waals surface area (Å²) in [7, 11) is 1.82. The first-order valence-corrected chi connectivity index (χ1v) is 10.1. The van der Waals surface area contributed by atoms with E-state index >= 15 is 0 Å². The number of hydrogen-bond acceptors (Lipinski definition) is 4. The van der Waals surface area contributed by atoms with Crippen molar-refractivity contribution in [1.29, 1.82) is 0 Å². The van der Waals surface area contributed by atoms with Gasteiger partial charge < -0.3 is 9.72 Å². The molecule has 0 radical (unpaired) electrons. The number of benzene rings is 2. The van der Waals surface area contributed by atoms with Crippen LogP contribution in [-0.4, -0.2) is 32.3 Å². The van der Waals surface area contributed by atoms with E-state index in [1.807, 2.05) is 61.3 Å². The highest BCUT2D eigenvalue weighted by molar-refractivity contribution is 6.11. The molecule has 1 aliphatic rings. The first kappa shape index (κ1) is 18.4. The minimum Gasteiger partial charge on any atom is -0.494 e. The lowest BCUT2D eigenvalue weighted by Crippen LogP contribution is -2.30. The Kier molecular flexibility index (Phi) is 4.31. The third-order valence-electron chi connectivity index (χ3n) is 5.57. The van der Waals surface area contributed by atoms with Crippen molar-refractivity contribution in [2.75, 3.05) is 11.5 Å². The van der Waals surface area contributed by atoms with Gasteiger partial charge in [0.2, 0.25) is 0 Å². The molecule has 0 spiro atoms. The summed E-state index contributed by atoms with van der Waals surface area (Å²) in [6.07, 6.45) is 2.62. The molecule has 0 unspecified atom stereocenters. The summed E-state index contributed by atoms with van der Waals surface area (Å²) in [6, 6.07) is 13.6. The van der Waals surface area contributed by atoms with Gasteiger partial charge in [-0.15, -0.1) is 0 Å². The van der Waals surface area contributed by atoms with E-state index < -0.39 is 0 Å². The van der Waals surface area contributed by atoms with Crippen molar-refractivity contribution in [2.24, 2.45) is 7.05 Å². The van der Waals surface area contributed by atoms with Crippen LogP contribution in [0.2, 0.25) is 0 Å². The number of carbonyl (C=O) groups excluding carboxylic acids is 1. The molecule has 7 heteroatoms. The number of aromatic amines is 1. The molecule has 1 atom stereocenters. The monoisotopic (exact) mass is 401 g/mol. The van der Waals surface area contributed by atoms with Crippen LogP contribution < -0.4 is 9.64 Å². The van der Waals surface area contributed by atoms with E-state index in [0.29, 0.717) is 12.3 Å². The number of aromatic nitrogens is 4. The predicted molar refractivity (Wildman–Crippen MR) is 115 cm³/mol. The highest BCUT2D eigenvalue weighted by Crippen LogP contribution is 2.43. The minimum atomic E-state index is -0.248. The molecule has 152 valence electrons. The molecule has 1 aliphatic heterocycles. The summed E-state index contributed by atoms with van der Waals surface area (Å²) in [4.78, 5) is 22.8. The van der Waals surface area contributed by atoms with Gasteiger partial charge in [0.25, 0.3) is 5.91 Å². The number of hydrogen-bond donors (Lipinski definition) is 1. The maximum Gasteiger partial charge on any atom is 0.277 e. The molecule has 2 aromatic heterocycles. The van der Waals surface area contributed by atoms with Gasteiger partial charge in [0.15, 0.2) is 0 Å². The molecule has 1 amide bonds. The van der Waals surface area contributed by atoms with Crippen LogP contribution in [0.5, 0.6) is 5.75 Å². The van der Waals surface area contributed by atoms with Crippen molar-refractivity contribution in [1.82, 2.24) is 19.7 Å². The Labute approximate surface area is 174 Å². The van der Waals surface area contributed by atoms with Crippen molar-refractivity contribution >= 4 is 22.6 Å². The fourth-order valence-corrected chi connectivity index (χ4v) is 4.24. The molecule has 0 aliphatic carbocycles. The molecule has 3 heterocycles. The van der Waals surface area contributed by atoms with Crippen LogP contribution in [0.4, 0.5) is 5.69 Å². The van der Waals surface area contributed by atoms with Crippen molar-refractivity contribution in [3.63, 3.8) is 0 Å². The molecule has 7 nitrogen and oxygen atoms in total. The SMILES string of the molecule is CCCOc1ccc([C@@H]2c3c(C)nn(C)c3C(=O)N2c2ccc3nc[nH]c3c2)cc1. The Morgan fingerprint density at radius 2 is 1.97 bits per heavy atom. The zero-order valence-electron chi connectivity index (χ0n) is 17.2. The van der Waals surface area contributed by atoms with Gasteiger partial charge in [-0.3, -0.25) is 14.4 Å². The molecule has 1 N–H and O–H groups in total. The molecular weight excluding hydrogens is 378 g/mol. The molecule has 5 rings (SSSR count). The van der Waals surface area contributed by atoms with E-state index in [1.165, 1.54) is 0 Å². The number of imidazole rings is 1. The van der Waals surface area contributed by atoms with Crippen LogP contribution in [0.25, 0.3) is 11.0 Å². The largest absolute Gasteiger partial charge is 0.494 e. The van der Waals surface area contributed by atoms with Crippen molar-refractivity contribution in [2.45, 2.75) is 26.3 Å². The Bertz CT molecular complexity index is 1240. The third-order valence-corrected chi connectivity index (χ3v) is 5.57. The summed E-state index contributed by atoms with van der Waals surface area (Å²) >= 11 is 0. The highest BCUT2D eigenvalue weighted by Gasteiger charge is 2.43. The van der Waals surface area contributed by atoms with Gasteiger partial charge in [-0.05, 0) is 49.2 Å². The predicted octanol–water partition coefficient (Wildman–Crippen LogP) is 4.14. The zero-order valence-corrected chi connectivity index (χ0v) is 17.2. The number of H-pyrrole nitrogens is 1. The number of rotatable bonds is 5. The third kappa shape index (κ3) is 2.77. The topological polar surface area (TPSA) is 76.0 Å². The van der Waals surface area contributed by atoms with E-state index in [2.05, 4.69) is 22.0 Å². The fraction of sp³-hybridized carbons (Fsp3) is 0.261. The Balaban J connectivity index is 1.63. The van der Waals surface area contributed by atoms with Crippen molar-refractivity contribution < 1.29 is 9.53 Å². The number of carbonyl (C=O) groups is 1. The second kappa shape index (κ2) is 7.02. The average molecular weight is 401 g/mol. The second-order valence-corrected chi connectivity index (χ2v) is 7.57. The van der Waals surface area contributed by atoms with E-state index in [9.17, 15) is 4.79 Å². The van der Waals surface area contributed by atoms with Crippen molar-refractivity contribution in [3.8, 4) is 5.75 Å². The van der Waals surface area contributed by atoms with Gasteiger partial charge in [0, 0.05) is 18.3 Å². The number of aryl methyl sites for hydroxylation is 2. The summed E-state index contributed by atoms with van der Waals surface area (Å²) in [6.45, 7) is 4.72. The number of nitrogens with one attached hydrogen (secondary N) is 1. The Morgan fingerprint density at radius 1 is 1.17 bits per heavy atom. The molecular formula is C23H23N5O2. The van der Waals surface area contributed by atoms with Gasteiger partial charge in [-0.25, -0.2) is 4.98 Å². The average Bonchev–Trinajstić information content (AvgIpc) is 3.41. The summed E-state index contributed by atoms with van der Waals surface area (Å²) < 4.78 is 7.42. The first-order chi connectivity index (χ1) is 14.6. The molecule has 0 fully saturated rings. The number of fused-ring (bicyclic) bond motifs is 2. The quantitative estimate of drug-likeness (QED) is 0.545. The van der Waals surface area contributed by atoms with Crippen molar-refractivity contribution in [3.05, 3.63) is 71.3 Å². The standard InChI is InChI=1S/C23H23N5O2/c1-4-11-30-17-8-5-15(6-9-17)21-20-14(2)26-27(3)22(20)23(29)28(21)16-7-10-18-19(12-16)25-13-24-18/h5-10,12-13,21H,4,11H2,1-3H3,(H,24,25)/t21-/m1/s1. The summed E-state index contributed by atoms with van der Waals surface area (Å²) in [5, 5.41) is 4.52. The van der Waals surface area contributed by atoms with Gasteiger partial charge in [0.1, 0.15) is 11.4 Å². The van der Waals surface area contributed by atoms with Crippen LogP contribution in [-0.2, 0) is 7.05 Å². The van der Waals surface area contributed by atoms with Crippen LogP contribution in [0.1, 0.15) is 46.7 Å².